The van der Waals surface area contributed by atoms with E-state index >= 15 is 0 Å². The number of nitrogens with one attached hydrogen (secondary N) is 1. The quantitative estimate of drug-likeness (QED) is 0.879. The van der Waals surface area contributed by atoms with E-state index in [1.807, 2.05) is 6.07 Å². The predicted molar refractivity (Wildman–Crippen MR) is 86.9 cm³/mol. The van der Waals surface area contributed by atoms with Crippen LogP contribution in [0.25, 0.3) is 0 Å². The molecule has 1 aromatic heterocycles. The van der Waals surface area contributed by atoms with Gasteiger partial charge in [-0.2, -0.15) is 0 Å². The van der Waals surface area contributed by atoms with E-state index in [9.17, 15) is 9.59 Å². The van der Waals surface area contributed by atoms with Gasteiger partial charge in [0.1, 0.15) is 11.5 Å². The lowest BCUT2D eigenvalue weighted by atomic mass is 10.1. The number of amides is 1. The molecule has 1 aliphatic rings. The summed E-state index contributed by atoms with van der Waals surface area (Å²) in [4.78, 5) is 33.8. The van der Waals surface area contributed by atoms with E-state index in [0.29, 0.717) is 17.1 Å². The Morgan fingerprint density at radius 1 is 1.13 bits per heavy atom. The van der Waals surface area contributed by atoms with Crippen molar-refractivity contribution in [1.82, 2.24) is 14.9 Å². The summed E-state index contributed by atoms with van der Waals surface area (Å²) < 4.78 is 0. The van der Waals surface area contributed by atoms with Crippen molar-refractivity contribution in [2.45, 2.75) is 19.8 Å². The number of anilines is 2. The first-order valence-corrected chi connectivity index (χ1v) is 7.63. The molecule has 0 bridgehead atoms. The maximum atomic E-state index is 12.2. The maximum Gasteiger partial charge on any atom is 0.274 e. The fraction of sp³-hybridized carbons (Fsp3) is 0.294. The Hall–Kier alpha value is -2.76. The number of ketones is 1. The molecule has 1 amide bonds. The van der Waals surface area contributed by atoms with Crippen molar-refractivity contribution >= 4 is 23.2 Å². The van der Waals surface area contributed by atoms with Crippen molar-refractivity contribution in [3.63, 3.8) is 0 Å². The highest BCUT2D eigenvalue weighted by molar-refractivity contribution is 5.95. The minimum atomic E-state index is -0.0693. The molecular weight excluding hydrogens is 292 g/mol. The minimum absolute atomic E-state index is 0.00583. The molecule has 0 radical (unpaired) electrons. The molecular formula is C17H18N4O2. The molecule has 23 heavy (non-hydrogen) atoms. The van der Waals surface area contributed by atoms with Crippen LogP contribution in [-0.2, 0) is 0 Å². The first-order chi connectivity index (χ1) is 11.1. The maximum absolute atomic E-state index is 12.2. The standard InChI is InChI=1S/C17H18N4O2/c1-12(22)13-5-4-6-14(9-13)20-16-11-18-15(10-19-16)17(23)21-7-2-3-8-21/h4-6,9-11H,2-3,7-8H2,1H3,(H,19,20). The lowest BCUT2D eigenvalue weighted by Gasteiger charge is -2.14. The third-order valence-corrected chi connectivity index (χ3v) is 3.81. The van der Waals surface area contributed by atoms with Crippen molar-refractivity contribution in [3.05, 3.63) is 47.9 Å². The number of Topliss-reactive ketones (excluding diaryl/α,β-unsaturated/α-hetero) is 1. The Morgan fingerprint density at radius 2 is 1.91 bits per heavy atom. The molecule has 1 N–H and O–H groups in total. The number of likely N-dealkylation sites (tertiary alicyclic amines) is 1. The zero-order chi connectivity index (χ0) is 16.2. The molecule has 0 spiro atoms. The molecule has 0 saturated carbocycles. The van der Waals surface area contributed by atoms with Crippen molar-refractivity contribution < 1.29 is 9.59 Å². The zero-order valence-corrected chi connectivity index (χ0v) is 13.0. The number of carbonyl (C=O) groups is 2. The van der Waals surface area contributed by atoms with Crippen LogP contribution in [0, 0.1) is 0 Å². The van der Waals surface area contributed by atoms with E-state index in [-0.39, 0.29) is 11.7 Å². The summed E-state index contributed by atoms with van der Waals surface area (Å²) >= 11 is 0. The summed E-state index contributed by atoms with van der Waals surface area (Å²) in [5.41, 5.74) is 1.74. The van der Waals surface area contributed by atoms with Gasteiger partial charge in [-0.25, -0.2) is 9.97 Å². The predicted octanol–water partition coefficient (Wildman–Crippen LogP) is 2.66. The molecule has 1 saturated heterocycles. The highest BCUT2D eigenvalue weighted by Gasteiger charge is 2.20. The van der Waals surface area contributed by atoms with Crippen LogP contribution in [0.3, 0.4) is 0 Å². The highest BCUT2D eigenvalue weighted by atomic mass is 16.2. The SMILES string of the molecule is CC(=O)c1cccc(Nc2cnc(C(=O)N3CCCC3)cn2)c1. The molecule has 0 unspecified atom stereocenters. The molecule has 2 aromatic rings. The summed E-state index contributed by atoms with van der Waals surface area (Å²) in [5.74, 6) is 0.468. The van der Waals surface area contributed by atoms with Gasteiger partial charge in [-0.05, 0) is 31.9 Å². The molecule has 3 rings (SSSR count). The molecule has 6 nitrogen and oxygen atoms in total. The number of hydrogen-bond acceptors (Lipinski definition) is 5. The van der Waals surface area contributed by atoms with Gasteiger partial charge >= 0.3 is 0 Å². The van der Waals surface area contributed by atoms with Crippen molar-refractivity contribution in [2.75, 3.05) is 18.4 Å². The molecule has 1 fully saturated rings. The van der Waals surface area contributed by atoms with Gasteiger partial charge in [0.05, 0.1) is 12.4 Å². The smallest absolute Gasteiger partial charge is 0.274 e. The van der Waals surface area contributed by atoms with E-state index in [1.165, 1.54) is 19.3 Å². The summed E-state index contributed by atoms with van der Waals surface area (Å²) in [6, 6.07) is 7.17. The Kier molecular flexibility index (Phi) is 4.32. The summed E-state index contributed by atoms with van der Waals surface area (Å²) in [5, 5.41) is 3.08. The van der Waals surface area contributed by atoms with E-state index in [1.54, 1.807) is 23.1 Å². The average Bonchev–Trinajstić information content (AvgIpc) is 3.09. The Balaban J connectivity index is 1.71. The van der Waals surface area contributed by atoms with Gasteiger partial charge in [0.2, 0.25) is 0 Å². The first-order valence-electron chi connectivity index (χ1n) is 7.63. The molecule has 0 atom stereocenters. The number of hydrogen-bond donors (Lipinski definition) is 1. The largest absolute Gasteiger partial charge is 0.339 e. The Labute approximate surface area is 134 Å². The second-order valence-electron chi connectivity index (χ2n) is 5.55. The topological polar surface area (TPSA) is 75.2 Å². The van der Waals surface area contributed by atoms with E-state index < -0.39 is 0 Å². The second-order valence-corrected chi connectivity index (χ2v) is 5.55. The summed E-state index contributed by atoms with van der Waals surface area (Å²) in [7, 11) is 0. The third kappa shape index (κ3) is 3.53. The Morgan fingerprint density at radius 3 is 2.57 bits per heavy atom. The lowest BCUT2D eigenvalue weighted by Crippen LogP contribution is -2.28. The second kappa shape index (κ2) is 6.56. The molecule has 118 valence electrons. The normalized spacial score (nSPS) is 13.9. The van der Waals surface area contributed by atoms with Gasteiger partial charge in [-0.3, -0.25) is 9.59 Å². The van der Waals surface area contributed by atoms with Crippen LogP contribution in [-0.4, -0.2) is 39.6 Å². The first kappa shape index (κ1) is 15.1. The summed E-state index contributed by atoms with van der Waals surface area (Å²) in [6.07, 6.45) is 5.11. The van der Waals surface area contributed by atoms with Crippen molar-refractivity contribution in [1.29, 1.82) is 0 Å². The lowest BCUT2D eigenvalue weighted by molar-refractivity contribution is 0.0786. The van der Waals surface area contributed by atoms with E-state index in [2.05, 4.69) is 15.3 Å². The Bertz CT molecular complexity index is 722. The zero-order valence-electron chi connectivity index (χ0n) is 13.0. The fourth-order valence-electron chi connectivity index (χ4n) is 2.55. The van der Waals surface area contributed by atoms with Gasteiger partial charge < -0.3 is 10.2 Å². The van der Waals surface area contributed by atoms with Crippen LogP contribution in [0.5, 0.6) is 0 Å². The van der Waals surface area contributed by atoms with Crippen molar-refractivity contribution in [2.24, 2.45) is 0 Å². The van der Waals surface area contributed by atoms with Crippen LogP contribution < -0.4 is 5.32 Å². The van der Waals surface area contributed by atoms with Gasteiger partial charge in [0.15, 0.2) is 5.78 Å². The number of benzene rings is 1. The van der Waals surface area contributed by atoms with Crippen LogP contribution in [0.2, 0.25) is 0 Å². The number of rotatable bonds is 4. The molecule has 1 aliphatic heterocycles. The van der Waals surface area contributed by atoms with E-state index in [0.717, 1.165) is 31.6 Å². The van der Waals surface area contributed by atoms with Crippen LogP contribution in [0.15, 0.2) is 36.7 Å². The molecule has 0 aliphatic carbocycles. The number of aromatic nitrogens is 2. The van der Waals surface area contributed by atoms with Crippen LogP contribution in [0.4, 0.5) is 11.5 Å². The van der Waals surface area contributed by atoms with Gasteiger partial charge in [-0.1, -0.05) is 12.1 Å². The third-order valence-electron chi connectivity index (χ3n) is 3.81. The highest BCUT2D eigenvalue weighted by Crippen LogP contribution is 2.17. The fourth-order valence-corrected chi connectivity index (χ4v) is 2.55. The molecule has 1 aromatic carbocycles. The van der Waals surface area contributed by atoms with Gasteiger partial charge in [0.25, 0.3) is 5.91 Å². The summed E-state index contributed by atoms with van der Waals surface area (Å²) in [6.45, 7) is 3.11. The monoisotopic (exact) mass is 310 g/mol. The minimum Gasteiger partial charge on any atom is -0.339 e. The average molecular weight is 310 g/mol. The van der Waals surface area contributed by atoms with Crippen molar-refractivity contribution in [3.8, 4) is 0 Å². The van der Waals surface area contributed by atoms with Gasteiger partial charge in [-0.15, -0.1) is 0 Å². The van der Waals surface area contributed by atoms with Crippen LogP contribution >= 0.6 is 0 Å². The van der Waals surface area contributed by atoms with Gasteiger partial charge in [0, 0.05) is 24.3 Å². The van der Waals surface area contributed by atoms with E-state index in [4.69, 9.17) is 0 Å². The van der Waals surface area contributed by atoms with Crippen LogP contribution in [0.1, 0.15) is 40.6 Å². The molecule has 2 heterocycles. The molecule has 6 heteroatoms. The number of nitrogens with zero attached hydrogens (tertiary/aromatic N) is 3. The number of carbonyl (C=O) groups excluding carboxylic acids is 2.